The normalized spacial score (nSPS) is 12.7. The third kappa shape index (κ3) is 3.34. The molecule has 18 heavy (non-hydrogen) atoms. The average Bonchev–Trinajstić information content (AvgIpc) is 2.34. The van der Waals surface area contributed by atoms with Crippen molar-refractivity contribution in [3.8, 4) is 0 Å². The summed E-state index contributed by atoms with van der Waals surface area (Å²) >= 11 is 5.32. The van der Waals surface area contributed by atoms with E-state index in [2.05, 4.69) is 0 Å². The first kappa shape index (κ1) is 17.2. The van der Waals surface area contributed by atoms with Gasteiger partial charge in [0.1, 0.15) is 0 Å². The van der Waals surface area contributed by atoms with Crippen molar-refractivity contribution in [2.45, 2.75) is 44.6 Å². The Morgan fingerprint density at radius 2 is 1.67 bits per heavy atom. The number of halogens is 5. The molecule has 0 aliphatic carbocycles. The number of amides is 1. The van der Waals surface area contributed by atoms with Gasteiger partial charge >= 0.3 is 12.3 Å². The number of carbonyl (C=O) groups excluding carboxylic acids is 2. The molecule has 0 aromatic heterocycles. The van der Waals surface area contributed by atoms with Crippen LogP contribution in [-0.4, -0.2) is 35.5 Å². The van der Waals surface area contributed by atoms with Crippen molar-refractivity contribution < 1.29 is 27.2 Å². The smallest absolute Gasteiger partial charge is 0.338 e. The van der Waals surface area contributed by atoms with Crippen molar-refractivity contribution in [1.29, 1.82) is 0 Å². The van der Waals surface area contributed by atoms with Crippen molar-refractivity contribution in [2.75, 3.05) is 5.88 Å². The molecule has 0 atom stereocenters. The summed E-state index contributed by atoms with van der Waals surface area (Å²) in [4.78, 5) is 22.7. The van der Waals surface area contributed by atoms with Crippen LogP contribution in [0.2, 0.25) is 0 Å². The van der Waals surface area contributed by atoms with E-state index in [-0.39, 0.29) is 12.8 Å². The SMILES string of the molecule is CCC(CC)(NC(=O)C(F)(F)C(F)F)C(=O)CCl. The first-order valence-electron chi connectivity index (χ1n) is 5.25. The van der Waals surface area contributed by atoms with Gasteiger partial charge in [0, 0.05) is 0 Å². The molecule has 0 radical (unpaired) electrons. The molecule has 0 fully saturated rings. The molecule has 3 nitrogen and oxygen atoms in total. The van der Waals surface area contributed by atoms with E-state index >= 15 is 0 Å². The molecule has 0 aliphatic heterocycles. The number of Topliss-reactive ketones (excluding diaryl/α,β-unsaturated/α-hetero) is 1. The Morgan fingerprint density at radius 1 is 1.22 bits per heavy atom. The van der Waals surface area contributed by atoms with Crippen molar-refractivity contribution >= 4 is 23.3 Å². The van der Waals surface area contributed by atoms with Gasteiger partial charge in [0.15, 0.2) is 5.78 Å². The zero-order valence-electron chi connectivity index (χ0n) is 9.90. The van der Waals surface area contributed by atoms with Crippen LogP contribution in [0.4, 0.5) is 17.6 Å². The predicted molar refractivity (Wildman–Crippen MR) is 58.1 cm³/mol. The molecule has 0 bridgehead atoms. The van der Waals surface area contributed by atoms with E-state index in [9.17, 15) is 27.2 Å². The van der Waals surface area contributed by atoms with Crippen LogP contribution in [0.5, 0.6) is 0 Å². The number of carbonyl (C=O) groups is 2. The molecule has 0 spiro atoms. The molecule has 0 rings (SSSR count). The van der Waals surface area contributed by atoms with Crippen LogP contribution in [0, 0.1) is 0 Å². The summed E-state index contributed by atoms with van der Waals surface area (Å²) < 4.78 is 49.6. The van der Waals surface area contributed by atoms with E-state index in [1.54, 1.807) is 5.32 Å². The van der Waals surface area contributed by atoms with E-state index in [4.69, 9.17) is 11.6 Å². The van der Waals surface area contributed by atoms with Gasteiger partial charge in [-0.1, -0.05) is 13.8 Å². The molecule has 0 saturated carbocycles. The second kappa shape index (κ2) is 6.36. The molecule has 0 aromatic rings. The Morgan fingerprint density at radius 3 is 1.94 bits per heavy atom. The number of alkyl halides is 5. The zero-order chi connectivity index (χ0) is 14.6. The zero-order valence-corrected chi connectivity index (χ0v) is 10.7. The second-order valence-electron chi connectivity index (χ2n) is 3.72. The molecule has 0 saturated heterocycles. The van der Waals surface area contributed by atoms with Crippen LogP contribution < -0.4 is 5.32 Å². The number of ketones is 1. The first-order valence-corrected chi connectivity index (χ1v) is 5.79. The van der Waals surface area contributed by atoms with Crippen LogP contribution in [-0.2, 0) is 9.59 Å². The van der Waals surface area contributed by atoms with Crippen molar-refractivity contribution in [3.05, 3.63) is 0 Å². The minimum absolute atomic E-state index is 0.0138. The molecular weight excluding hydrogens is 278 g/mol. The fourth-order valence-corrected chi connectivity index (χ4v) is 1.67. The van der Waals surface area contributed by atoms with Gasteiger partial charge in [-0.2, -0.15) is 8.78 Å². The topological polar surface area (TPSA) is 46.2 Å². The minimum atomic E-state index is -4.83. The lowest BCUT2D eigenvalue weighted by Crippen LogP contribution is -2.59. The minimum Gasteiger partial charge on any atom is -0.338 e. The largest absolute Gasteiger partial charge is 0.383 e. The maximum Gasteiger partial charge on any atom is 0.383 e. The highest BCUT2D eigenvalue weighted by molar-refractivity contribution is 6.29. The highest BCUT2D eigenvalue weighted by atomic mass is 35.5. The maximum absolute atomic E-state index is 12.8. The Bertz CT molecular complexity index is 319. The molecular formula is C10H14ClF4NO2. The molecule has 1 amide bonds. The van der Waals surface area contributed by atoms with Gasteiger partial charge in [-0.15, -0.1) is 11.6 Å². The number of hydrogen-bond donors (Lipinski definition) is 1. The van der Waals surface area contributed by atoms with Gasteiger partial charge in [-0.05, 0) is 12.8 Å². The van der Waals surface area contributed by atoms with Crippen LogP contribution in [0.1, 0.15) is 26.7 Å². The molecule has 8 heteroatoms. The third-order valence-corrected chi connectivity index (χ3v) is 3.03. The number of hydrogen-bond acceptors (Lipinski definition) is 2. The van der Waals surface area contributed by atoms with E-state index in [0.717, 1.165) is 0 Å². The van der Waals surface area contributed by atoms with E-state index in [0.29, 0.717) is 0 Å². The van der Waals surface area contributed by atoms with Crippen molar-refractivity contribution in [1.82, 2.24) is 5.32 Å². The summed E-state index contributed by atoms with van der Waals surface area (Å²) in [6, 6.07) is 0. The highest BCUT2D eigenvalue weighted by Crippen LogP contribution is 2.26. The highest BCUT2D eigenvalue weighted by Gasteiger charge is 2.51. The quantitative estimate of drug-likeness (QED) is 0.578. The van der Waals surface area contributed by atoms with Crippen molar-refractivity contribution in [2.24, 2.45) is 0 Å². The first-order chi connectivity index (χ1) is 8.17. The summed E-state index contributed by atoms with van der Waals surface area (Å²) in [5.41, 5.74) is -1.63. The maximum atomic E-state index is 12.8. The second-order valence-corrected chi connectivity index (χ2v) is 3.99. The Balaban J connectivity index is 5.13. The summed E-state index contributed by atoms with van der Waals surface area (Å²) in [6.45, 7) is 2.93. The van der Waals surface area contributed by atoms with Crippen LogP contribution in [0.3, 0.4) is 0 Å². The molecule has 0 heterocycles. The van der Waals surface area contributed by atoms with Gasteiger partial charge in [-0.3, -0.25) is 9.59 Å². The van der Waals surface area contributed by atoms with Gasteiger partial charge in [-0.25, -0.2) is 8.78 Å². The average molecular weight is 292 g/mol. The molecule has 106 valence electrons. The van der Waals surface area contributed by atoms with Gasteiger partial charge in [0.25, 0.3) is 5.91 Å². The van der Waals surface area contributed by atoms with Crippen LogP contribution >= 0.6 is 11.6 Å². The van der Waals surface area contributed by atoms with Gasteiger partial charge in [0.05, 0.1) is 11.4 Å². The Hall–Kier alpha value is -0.850. The van der Waals surface area contributed by atoms with E-state index in [1.165, 1.54) is 13.8 Å². The predicted octanol–water partition coefficient (Wildman–Crippen LogP) is 2.37. The Kier molecular flexibility index (Phi) is 6.06. The number of nitrogens with one attached hydrogen (secondary N) is 1. The van der Waals surface area contributed by atoms with Crippen LogP contribution in [0.15, 0.2) is 0 Å². The summed E-state index contributed by atoms with van der Waals surface area (Å²) in [5, 5.41) is 1.70. The summed E-state index contributed by atoms with van der Waals surface area (Å²) in [6.07, 6.45) is -4.16. The molecule has 1 N–H and O–H groups in total. The number of rotatable bonds is 7. The van der Waals surface area contributed by atoms with E-state index in [1.807, 2.05) is 0 Å². The van der Waals surface area contributed by atoms with Gasteiger partial charge < -0.3 is 5.32 Å². The monoisotopic (exact) mass is 291 g/mol. The van der Waals surface area contributed by atoms with Crippen molar-refractivity contribution in [3.63, 3.8) is 0 Å². The Labute approximate surface area is 107 Å². The van der Waals surface area contributed by atoms with Gasteiger partial charge in [0.2, 0.25) is 0 Å². The summed E-state index contributed by atoms with van der Waals surface area (Å²) in [7, 11) is 0. The molecule has 0 unspecified atom stereocenters. The standard InChI is InChI=1S/C10H14ClF4NO2/c1-3-9(4-2,6(17)5-11)16-8(18)10(14,15)7(12)13/h7H,3-5H2,1-2H3,(H,16,18). The molecule has 0 aliphatic rings. The summed E-state index contributed by atoms with van der Waals surface area (Å²) in [5.74, 6) is -8.18. The fraction of sp³-hybridized carbons (Fsp3) is 0.800. The van der Waals surface area contributed by atoms with E-state index < -0.39 is 35.5 Å². The van der Waals surface area contributed by atoms with Crippen LogP contribution in [0.25, 0.3) is 0 Å². The third-order valence-electron chi connectivity index (χ3n) is 2.79. The lowest BCUT2D eigenvalue weighted by molar-refractivity contribution is -0.172. The fourth-order valence-electron chi connectivity index (χ4n) is 1.42. The lowest BCUT2D eigenvalue weighted by Gasteiger charge is -2.32. The lowest BCUT2D eigenvalue weighted by atomic mass is 9.88. The molecule has 0 aromatic carbocycles.